The molecule has 1 aromatic heterocycles. The van der Waals surface area contributed by atoms with Gasteiger partial charge >= 0.3 is 6.18 Å². The second-order valence-electron chi connectivity index (χ2n) is 8.88. The maximum absolute atomic E-state index is 13.8. The molecular weight excluding hydrogens is 461 g/mol. The molecule has 0 aliphatic heterocycles. The number of aromatic nitrogens is 1. The topological polar surface area (TPSA) is 45.1 Å². The van der Waals surface area contributed by atoms with Gasteiger partial charge in [-0.2, -0.15) is 13.2 Å². The summed E-state index contributed by atoms with van der Waals surface area (Å²) in [5, 5.41) is 14.9. The van der Waals surface area contributed by atoms with Gasteiger partial charge in [-0.1, -0.05) is 85.8 Å². The van der Waals surface area contributed by atoms with E-state index in [1.54, 1.807) is 30.5 Å². The van der Waals surface area contributed by atoms with Crippen LogP contribution in [0.5, 0.6) is 0 Å². The molecule has 3 aromatic carbocycles. The number of pyridine rings is 1. The molecule has 0 radical (unpaired) electrons. The lowest BCUT2D eigenvalue weighted by atomic mass is 9.79. The van der Waals surface area contributed by atoms with Gasteiger partial charge in [-0.15, -0.1) is 0 Å². The largest absolute Gasteiger partial charge is 0.416 e. The van der Waals surface area contributed by atoms with Crippen molar-refractivity contribution < 1.29 is 18.3 Å². The summed E-state index contributed by atoms with van der Waals surface area (Å²) in [7, 11) is 0. The first-order chi connectivity index (χ1) is 17.3. The van der Waals surface area contributed by atoms with Crippen LogP contribution >= 0.6 is 0 Å². The molecule has 0 saturated heterocycles. The summed E-state index contributed by atoms with van der Waals surface area (Å²) >= 11 is 0. The second kappa shape index (κ2) is 11.1. The number of benzene rings is 3. The summed E-state index contributed by atoms with van der Waals surface area (Å²) in [6, 6.07) is 29.8. The first-order valence-electron chi connectivity index (χ1n) is 12.0. The minimum Gasteiger partial charge on any atom is -0.378 e. The van der Waals surface area contributed by atoms with Crippen LogP contribution in [-0.2, 0) is 18.1 Å². The van der Waals surface area contributed by atoms with Crippen molar-refractivity contribution in [2.45, 2.75) is 43.6 Å². The highest BCUT2D eigenvalue weighted by atomic mass is 19.4. The number of alkyl halides is 3. The van der Waals surface area contributed by atoms with Crippen LogP contribution in [-0.4, -0.2) is 16.3 Å². The van der Waals surface area contributed by atoms with Gasteiger partial charge in [0.25, 0.3) is 0 Å². The Balaban J connectivity index is 1.89. The number of hydrogen-bond acceptors (Lipinski definition) is 3. The molecule has 0 aliphatic rings. The number of nitrogens with one attached hydrogen (secondary N) is 1. The van der Waals surface area contributed by atoms with Crippen LogP contribution in [0.2, 0.25) is 0 Å². The number of hydrogen-bond donors (Lipinski definition) is 2. The Hall–Kier alpha value is -3.48. The highest BCUT2D eigenvalue weighted by Gasteiger charge is 2.41. The minimum atomic E-state index is -4.51. The van der Waals surface area contributed by atoms with Crippen LogP contribution in [0.1, 0.15) is 47.2 Å². The fourth-order valence-electron chi connectivity index (χ4n) is 4.72. The smallest absolute Gasteiger partial charge is 0.378 e. The van der Waals surface area contributed by atoms with Gasteiger partial charge in [0.05, 0.1) is 16.8 Å². The van der Waals surface area contributed by atoms with E-state index in [1.807, 2.05) is 67.6 Å². The zero-order valence-corrected chi connectivity index (χ0v) is 20.0. The summed E-state index contributed by atoms with van der Waals surface area (Å²) in [5.74, 6) is -0.282. The molecule has 186 valence electrons. The Morgan fingerprint density at radius 2 is 1.44 bits per heavy atom. The number of aliphatic hydroxyl groups excluding tert-OH is 1. The lowest BCUT2D eigenvalue weighted by Gasteiger charge is -2.39. The highest BCUT2D eigenvalue weighted by Crippen LogP contribution is 2.38. The van der Waals surface area contributed by atoms with Gasteiger partial charge in [-0.3, -0.25) is 10.3 Å². The van der Waals surface area contributed by atoms with Crippen LogP contribution in [0.3, 0.4) is 0 Å². The van der Waals surface area contributed by atoms with Crippen molar-refractivity contribution in [1.82, 2.24) is 10.3 Å². The molecule has 0 bridgehead atoms. The van der Waals surface area contributed by atoms with E-state index in [2.05, 4.69) is 10.3 Å². The van der Waals surface area contributed by atoms with E-state index in [1.165, 1.54) is 6.07 Å². The minimum absolute atomic E-state index is 0.282. The molecule has 6 heteroatoms. The zero-order chi connectivity index (χ0) is 25.6. The van der Waals surface area contributed by atoms with Crippen molar-refractivity contribution in [3.63, 3.8) is 0 Å². The SMILES string of the molecule is CCC(c1ccccc1)C(O)NC(Cc1ccccc1)(c1cccc(C(F)(F)F)c1)c1ccccn1. The van der Waals surface area contributed by atoms with Crippen LogP contribution in [0.4, 0.5) is 13.2 Å². The third-order valence-corrected chi connectivity index (χ3v) is 6.54. The third-order valence-electron chi connectivity index (χ3n) is 6.54. The average molecular weight is 491 g/mol. The number of nitrogens with zero attached hydrogens (tertiary/aromatic N) is 1. The van der Waals surface area contributed by atoms with Crippen molar-refractivity contribution in [2.75, 3.05) is 0 Å². The summed E-state index contributed by atoms with van der Waals surface area (Å²) in [4.78, 5) is 4.57. The molecule has 4 rings (SSSR count). The Morgan fingerprint density at radius 3 is 2.06 bits per heavy atom. The van der Waals surface area contributed by atoms with Gasteiger partial charge in [0.15, 0.2) is 0 Å². The van der Waals surface area contributed by atoms with E-state index in [4.69, 9.17) is 0 Å². The third kappa shape index (κ3) is 5.66. The molecule has 0 amide bonds. The first-order valence-corrected chi connectivity index (χ1v) is 12.0. The van der Waals surface area contributed by atoms with Gasteiger partial charge in [0.2, 0.25) is 0 Å². The van der Waals surface area contributed by atoms with E-state index in [9.17, 15) is 18.3 Å². The van der Waals surface area contributed by atoms with Crippen molar-refractivity contribution in [2.24, 2.45) is 0 Å². The van der Waals surface area contributed by atoms with Crippen LogP contribution in [0, 0.1) is 0 Å². The average Bonchev–Trinajstić information content (AvgIpc) is 2.90. The Kier molecular flexibility index (Phi) is 7.87. The van der Waals surface area contributed by atoms with Crippen molar-refractivity contribution in [1.29, 1.82) is 0 Å². The van der Waals surface area contributed by atoms with Gasteiger partial charge < -0.3 is 5.11 Å². The molecule has 4 aromatic rings. The molecule has 36 heavy (non-hydrogen) atoms. The predicted octanol–water partition coefficient (Wildman–Crippen LogP) is 6.69. The fraction of sp³-hybridized carbons (Fsp3) is 0.233. The number of rotatable bonds is 9. The lowest BCUT2D eigenvalue weighted by molar-refractivity contribution is -0.137. The predicted molar refractivity (Wildman–Crippen MR) is 135 cm³/mol. The summed E-state index contributed by atoms with van der Waals surface area (Å²) in [5.41, 5.74) is 0.759. The molecule has 3 nitrogen and oxygen atoms in total. The van der Waals surface area contributed by atoms with Crippen molar-refractivity contribution >= 4 is 0 Å². The van der Waals surface area contributed by atoms with E-state index < -0.39 is 23.5 Å². The van der Waals surface area contributed by atoms with Crippen molar-refractivity contribution in [3.8, 4) is 0 Å². The first kappa shape index (κ1) is 25.6. The van der Waals surface area contributed by atoms with Crippen LogP contribution in [0.15, 0.2) is 109 Å². The lowest BCUT2D eigenvalue weighted by Crippen LogP contribution is -2.52. The summed E-state index contributed by atoms with van der Waals surface area (Å²) in [6.45, 7) is 1.98. The molecule has 2 N–H and O–H groups in total. The van der Waals surface area contributed by atoms with E-state index in [-0.39, 0.29) is 12.3 Å². The van der Waals surface area contributed by atoms with Crippen LogP contribution < -0.4 is 5.32 Å². The van der Waals surface area contributed by atoms with E-state index >= 15 is 0 Å². The van der Waals surface area contributed by atoms with Crippen molar-refractivity contribution in [3.05, 3.63) is 137 Å². The molecule has 0 saturated carbocycles. The van der Waals surface area contributed by atoms with Gasteiger partial charge in [0, 0.05) is 18.5 Å². The molecule has 3 unspecified atom stereocenters. The second-order valence-corrected chi connectivity index (χ2v) is 8.88. The number of halogens is 3. The Bertz CT molecular complexity index is 1230. The Labute approximate surface area is 209 Å². The molecule has 3 atom stereocenters. The Morgan fingerprint density at radius 1 is 0.806 bits per heavy atom. The standard InChI is InChI=1S/C30H29F3N2O/c1-2-26(23-14-7-4-8-15-23)28(36)35-29(27-18-9-10-19-34-27,21-22-12-5-3-6-13-22)24-16-11-17-25(20-24)30(31,32)33/h3-20,26,28,35-36H,2,21H2,1H3. The highest BCUT2D eigenvalue weighted by molar-refractivity contribution is 5.41. The van der Waals surface area contributed by atoms with Crippen LogP contribution in [0.25, 0.3) is 0 Å². The number of aliphatic hydroxyl groups is 1. The monoisotopic (exact) mass is 490 g/mol. The van der Waals surface area contributed by atoms with Gasteiger partial charge in [0.1, 0.15) is 6.23 Å². The molecule has 0 aliphatic carbocycles. The molecule has 1 heterocycles. The summed E-state index contributed by atoms with van der Waals surface area (Å²) < 4.78 is 41.3. The molecule has 0 fully saturated rings. The summed E-state index contributed by atoms with van der Waals surface area (Å²) in [6.07, 6.45) is -3.03. The van der Waals surface area contributed by atoms with Gasteiger partial charge in [-0.25, -0.2) is 0 Å². The fourth-order valence-corrected chi connectivity index (χ4v) is 4.72. The molecule has 0 spiro atoms. The van der Waals surface area contributed by atoms with E-state index in [0.717, 1.165) is 23.3 Å². The maximum Gasteiger partial charge on any atom is 0.416 e. The van der Waals surface area contributed by atoms with E-state index in [0.29, 0.717) is 17.7 Å². The van der Waals surface area contributed by atoms with Gasteiger partial charge in [-0.05, 0) is 47.4 Å². The zero-order valence-electron chi connectivity index (χ0n) is 20.0. The maximum atomic E-state index is 13.8. The normalized spacial score (nSPS) is 15.1. The quantitative estimate of drug-likeness (QED) is 0.257. The molecular formula is C30H29F3N2O.